The van der Waals surface area contributed by atoms with Gasteiger partial charge in [0.1, 0.15) is 5.75 Å². The molecule has 5 rings (SSSR count). The number of aryl methyl sites for hydroxylation is 2. The smallest absolute Gasteiger partial charge is 0.306 e. The topological polar surface area (TPSA) is 141 Å². The lowest BCUT2D eigenvalue weighted by molar-refractivity contribution is -0.143. The molecule has 2 fully saturated rings. The molecule has 2 atom stereocenters. The molecule has 0 unspecified atom stereocenters. The number of anilines is 2. The van der Waals surface area contributed by atoms with Crippen LogP contribution in [-0.2, 0) is 18.3 Å². The van der Waals surface area contributed by atoms with Crippen molar-refractivity contribution in [1.82, 2.24) is 30.1 Å². The summed E-state index contributed by atoms with van der Waals surface area (Å²) in [7, 11) is 1.77. The van der Waals surface area contributed by atoms with Gasteiger partial charge >= 0.3 is 5.97 Å². The zero-order valence-corrected chi connectivity index (χ0v) is 18.7. The van der Waals surface area contributed by atoms with E-state index in [0.717, 1.165) is 19.3 Å². The predicted molar refractivity (Wildman–Crippen MR) is 117 cm³/mol. The first-order valence-electron chi connectivity index (χ1n) is 11.3. The van der Waals surface area contributed by atoms with E-state index < -0.39 is 5.97 Å². The molecule has 174 valence electrons. The highest BCUT2D eigenvalue weighted by Crippen LogP contribution is 2.33. The number of nitrogens with one attached hydrogen (secondary N) is 1. The zero-order chi connectivity index (χ0) is 22.9. The van der Waals surface area contributed by atoms with Gasteiger partial charge in [-0.3, -0.25) is 4.79 Å². The standard InChI is InChI=1S/C22H27N7O4/c1-12-17(32-15-5-3-4-14(11-15)21(30)31)9-8-16(23-12)19-20(29(2)28-26-19)25-22-24-18(33-27-22)10-13-6-7-13/h8-9,13-15H,3-7,10-11H2,1-2H3,(H,25,27)(H,30,31)/t14-,15-/m0/s1. The van der Waals surface area contributed by atoms with Crippen LogP contribution in [0.1, 0.15) is 50.1 Å². The minimum Gasteiger partial charge on any atom is -0.489 e. The van der Waals surface area contributed by atoms with Gasteiger partial charge in [0.05, 0.1) is 23.4 Å². The molecule has 0 aromatic carbocycles. The van der Waals surface area contributed by atoms with Gasteiger partial charge in [-0.05, 0) is 68.7 Å². The van der Waals surface area contributed by atoms with Gasteiger partial charge in [0.25, 0.3) is 5.95 Å². The van der Waals surface area contributed by atoms with Gasteiger partial charge in [-0.15, -0.1) is 5.10 Å². The quantitative estimate of drug-likeness (QED) is 0.522. The van der Waals surface area contributed by atoms with Crippen molar-refractivity contribution in [1.29, 1.82) is 0 Å². The van der Waals surface area contributed by atoms with E-state index in [9.17, 15) is 9.90 Å². The van der Waals surface area contributed by atoms with Crippen LogP contribution in [-0.4, -0.2) is 47.3 Å². The highest BCUT2D eigenvalue weighted by atomic mass is 16.5. The van der Waals surface area contributed by atoms with Crippen LogP contribution in [0, 0.1) is 18.8 Å². The third kappa shape index (κ3) is 4.81. The molecule has 33 heavy (non-hydrogen) atoms. The Hall–Kier alpha value is -3.50. The average molecular weight is 454 g/mol. The predicted octanol–water partition coefficient (Wildman–Crippen LogP) is 3.29. The summed E-state index contributed by atoms with van der Waals surface area (Å²) in [4.78, 5) is 20.4. The maximum Gasteiger partial charge on any atom is 0.306 e. The molecule has 0 spiro atoms. The third-order valence-corrected chi connectivity index (χ3v) is 6.23. The third-order valence-electron chi connectivity index (χ3n) is 6.23. The van der Waals surface area contributed by atoms with Crippen molar-refractivity contribution < 1.29 is 19.2 Å². The lowest BCUT2D eigenvalue weighted by Crippen LogP contribution is -2.29. The Morgan fingerprint density at radius 2 is 2.12 bits per heavy atom. The summed E-state index contributed by atoms with van der Waals surface area (Å²) in [5.74, 6) is 1.79. The Bertz CT molecular complexity index is 1150. The minimum atomic E-state index is -0.752. The first-order valence-corrected chi connectivity index (χ1v) is 11.3. The molecule has 2 aliphatic rings. The molecule has 0 bridgehead atoms. The summed E-state index contributed by atoms with van der Waals surface area (Å²) in [6.07, 6.45) is 6.03. The molecule has 2 N–H and O–H groups in total. The number of pyridine rings is 1. The number of carbonyl (C=O) groups is 1. The van der Waals surface area contributed by atoms with Crippen molar-refractivity contribution in [2.24, 2.45) is 18.9 Å². The second kappa shape index (κ2) is 8.80. The fraction of sp³-hybridized carbons (Fsp3) is 0.545. The summed E-state index contributed by atoms with van der Waals surface area (Å²) in [6.45, 7) is 1.86. The maximum atomic E-state index is 11.3. The van der Waals surface area contributed by atoms with Crippen molar-refractivity contribution in [2.45, 2.75) is 58.0 Å². The van der Waals surface area contributed by atoms with Crippen LogP contribution in [0.5, 0.6) is 5.75 Å². The number of carboxylic acid groups (broad SMARTS) is 1. The normalized spacial score (nSPS) is 20.5. The van der Waals surface area contributed by atoms with E-state index in [0.29, 0.717) is 59.2 Å². The van der Waals surface area contributed by atoms with Gasteiger partial charge in [0, 0.05) is 13.5 Å². The Balaban J connectivity index is 1.31. The van der Waals surface area contributed by atoms with Gasteiger partial charge in [0.15, 0.2) is 11.5 Å². The van der Waals surface area contributed by atoms with Crippen molar-refractivity contribution in [2.75, 3.05) is 5.32 Å². The van der Waals surface area contributed by atoms with Crippen LogP contribution in [0.2, 0.25) is 0 Å². The first kappa shape index (κ1) is 21.4. The molecule has 2 aliphatic carbocycles. The molecule has 2 saturated carbocycles. The summed E-state index contributed by atoms with van der Waals surface area (Å²) in [5, 5.41) is 24.8. The molecule has 11 nitrogen and oxygen atoms in total. The van der Waals surface area contributed by atoms with E-state index in [1.54, 1.807) is 11.7 Å². The zero-order valence-electron chi connectivity index (χ0n) is 18.7. The lowest BCUT2D eigenvalue weighted by Gasteiger charge is -2.27. The number of ether oxygens (including phenoxy) is 1. The number of hydrogen-bond acceptors (Lipinski definition) is 9. The van der Waals surface area contributed by atoms with E-state index in [1.165, 1.54) is 12.8 Å². The van der Waals surface area contributed by atoms with Crippen LogP contribution < -0.4 is 10.1 Å². The van der Waals surface area contributed by atoms with Gasteiger partial charge in [-0.1, -0.05) is 5.21 Å². The van der Waals surface area contributed by atoms with Crippen molar-refractivity contribution in [3.05, 3.63) is 23.7 Å². The minimum absolute atomic E-state index is 0.122. The first-order chi connectivity index (χ1) is 16.0. The van der Waals surface area contributed by atoms with E-state index in [4.69, 9.17) is 9.26 Å². The van der Waals surface area contributed by atoms with Gasteiger partial charge < -0.3 is 19.7 Å². The van der Waals surface area contributed by atoms with Gasteiger partial charge in [-0.25, -0.2) is 9.67 Å². The second-order valence-corrected chi connectivity index (χ2v) is 8.92. The van der Waals surface area contributed by atoms with Crippen molar-refractivity contribution >= 4 is 17.7 Å². The molecule has 3 heterocycles. The number of rotatable bonds is 8. The highest BCUT2D eigenvalue weighted by molar-refractivity contribution is 5.71. The highest BCUT2D eigenvalue weighted by Gasteiger charge is 2.29. The summed E-state index contributed by atoms with van der Waals surface area (Å²) < 4.78 is 13.0. The van der Waals surface area contributed by atoms with Crippen LogP contribution in [0.4, 0.5) is 11.8 Å². The van der Waals surface area contributed by atoms with Crippen LogP contribution in [0.25, 0.3) is 11.4 Å². The number of carboxylic acids is 1. The Kier molecular flexibility index (Phi) is 5.69. The molecule has 3 aromatic heterocycles. The van der Waals surface area contributed by atoms with Crippen molar-refractivity contribution in [3.63, 3.8) is 0 Å². The molecule has 3 aromatic rings. The lowest BCUT2D eigenvalue weighted by atomic mass is 9.87. The van der Waals surface area contributed by atoms with Crippen LogP contribution in [0.15, 0.2) is 16.7 Å². The van der Waals surface area contributed by atoms with Crippen LogP contribution >= 0.6 is 0 Å². The number of hydrogen-bond donors (Lipinski definition) is 2. The monoisotopic (exact) mass is 453 g/mol. The van der Waals surface area contributed by atoms with E-state index >= 15 is 0 Å². The molecule has 11 heteroatoms. The summed E-state index contributed by atoms with van der Waals surface area (Å²) >= 11 is 0. The number of nitrogens with zero attached hydrogens (tertiary/aromatic N) is 6. The fourth-order valence-electron chi connectivity index (χ4n) is 4.19. The molecule has 0 saturated heterocycles. The van der Waals surface area contributed by atoms with E-state index in [2.05, 4.69) is 30.8 Å². The second-order valence-electron chi connectivity index (χ2n) is 8.92. The molecular formula is C22H27N7O4. The average Bonchev–Trinajstić information content (AvgIpc) is 3.39. The van der Waals surface area contributed by atoms with Crippen LogP contribution in [0.3, 0.4) is 0 Å². The molecule has 0 aliphatic heterocycles. The SMILES string of the molecule is Cc1nc(-c2nnn(C)c2Nc2noc(CC3CC3)n2)ccc1O[C@H]1CCC[C@H](C(=O)O)C1. The molecule has 0 radical (unpaired) electrons. The number of aromatic nitrogens is 6. The van der Waals surface area contributed by atoms with E-state index in [-0.39, 0.29) is 12.0 Å². The fourth-order valence-corrected chi connectivity index (χ4v) is 4.19. The largest absolute Gasteiger partial charge is 0.489 e. The Morgan fingerprint density at radius 3 is 2.88 bits per heavy atom. The summed E-state index contributed by atoms with van der Waals surface area (Å²) in [5.41, 5.74) is 1.89. The summed E-state index contributed by atoms with van der Waals surface area (Å²) in [6, 6.07) is 3.67. The Labute approximate surface area is 190 Å². The number of aliphatic carboxylic acids is 1. The maximum absolute atomic E-state index is 11.3. The Morgan fingerprint density at radius 1 is 1.27 bits per heavy atom. The van der Waals surface area contributed by atoms with Gasteiger partial charge in [0.2, 0.25) is 5.89 Å². The molecular weight excluding hydrogens is 426 g/mol. The van der Waals surface area contributed by atoms with E-state index in [1.807, 2.05) is 19.1 Å². The van der Waals surface area contributed by atoms with Crippen molar-refractivity contribution in [3.8, 4) is 17.1 Å². The van der Waals surface area contributed by atoms with Gasteiger partial charge in [-0.2, -0.15) is 4.98 Å². The molecule has 0 amide bonds.